The van der Waals surface area contributed by atoms with Crippen LogP contribution < -0.4 is 5.32 Å². The minimum absolute atomic E-state index is 0.314. The molecule has 0 bridgehead atoms. The summed E-state index contributed by atoms with van der Waals surface area (Å²) in [5.74, 6) is -0.537. The lowest BCUT2D eigenvalue weighted by atomic mass is 9.82. The van der Waals surface area contributed by atoms with Crippen LogP contribution in [-0.4, -0.2) is 40.0 Å². The van der Waals surface area contributed by atoms with Gasteiger partial charge in [0.1, 0.15) is 12.1 Å². The molecule has 0 spiro atoms. The van der Waals surface area contributed by atoms with Gasteiger partial charge in [-0.25, -0.2) is 9.59 Å². The molecule has 6 nitrogen and oxygen atoms in total. The Balaban J connectivity index is 1.72. The average Bonchev–Trinajstić information content (AvgIpc) is 2.88. The molecule has 0 aromatic heterocycles. The van der Waals surface area contributed by atoms with E-state index >= 15 is 0 Å². The number of aliphatic carboxylic acids is 1. The maximum Gasteiger partial charge on any atom is 0.326 e. The van der Waals surface area contributed by atoms with E-state index in [-0.39, 0.29) is 5.91 Å². The van der Waals surface area contributed by atoms with Gasteiger partial charge in [0.2, 0.25) is 0 Å². The van der Waals surface area contributed by atoms with Gasteiger partial charge in [0, 0.05) is 0 Å². The highest BCUT2D eigenvalue weighted by Crippen LogP contribution is 2.33. The molecule has 2 saturated carbocycles. The van der Waals surface area contributed by atoms with E-state index in [0.717, 1.165) is 51.4 Å². The summed E-state index contributed by atoms with van der Waals surface area (Å²) >= 11 is 0. The number of imide groups is 1. The molecule has 0 aromatic carbocycles. The highest BCUT2D eigenvalue weighted by Gasteiger charge is 2.46. The second-order valence-electron chi connectivity index (χ2n) is 8.05. The summed E-state index contributed by atoms with van der Waals surface area (Å²) in [5, 5.41) is 12.1. The van der Waals surface area contributed by atoms with Gasteiger partial charge >= 0.3 is 12.0 Å². The molecule has 3 rings (SSSR count). The van der Waals surface area contributed by atoms with Crippen molar-refractivity contribution >= 4 is 17.9 Å². The first kappa shape index (κ1) is 18.2. The van der Waals surface area contributed by atoms with E-state index in [1.54, 1.807) is 0 Å². The third-order valence-corrected chi connectivity index (χ3v) is 6.29. The molecule has 3 aliphatic rings. The zero-order valence-corrected chi connectivity index (χ0v) is 14.9. The molecule has 3 amide bonds. The summed E-state index contributed by atoms with van der Waals surface area (Å²) in [6.45, 7) is 0. The van der Waals surface area contributed by atoms with Gasteiger partial charge in [-0.15, -0.1) is 0 Å². The van der Waals surface area contributed by atoms with Crippen LogP contribution in [0.3, 0.4) is 0 Å². The number of hydrogen-bond donors (Lipinski definition) is 2. The quantitative estimate of drug-likeness (QED) is 0.720. The summed E-state index contributed by atoms with van der Waals surface area (Å²) in [6.07, 6.45) is 12.3. The standard InChI is InChI=1S/C19H30N2O4/c22-17-15(11-13-7-3-1-4-8-13)21(19(25)20-17)16(18(23)24)12-14-9-5-2-6-10-14/h13-16H,1-12H2,(H,23,24)(H,20,22,25)/t15-,16-/m0/s1. The molecule has 0 unspecified atom stereocenters. The summed E-state index contributed by atoms with van der Waals surface area (Å²) in [5.41, 5.74) is 0. The van der Waals surface area contributed by atoms with Crippen molar-refractivity contribution in [1.29, 1.82) is 0 Å². The minimum atomic E-state index is -0.982. The normalized spacial score (nSPS) is 27.4. The first-order chi connectivity index (χ1) is 12.1. The van der Waals surface area contributed by atoms with Crippen molar-refractivity contribution in [3.05, 3.63) is 0 Å². The third-order valence-electron chi connectivity index (χ3n) is 6.29. The van der Waals surface area contributed by atoms with E-state index in [4.69, 9.17) is 0 Å². The van der Waals surface area contributed by atoms with Crippen molar-refractivity contribution in [2.45, 2.75) is 89.1 Å². The van der Waals surface area contributed by atoms with Crippen LogP contribution in [0.15, 0.2) is 0 Å². The van der Waals surface area contributed by atoms with Crippen molar-refractivity contribution in [2.75, 3.05) is 0 Å². The summed E-state index contributed by atoms with van der Waals surface area (Å²) in [6, 6.07) is -2.02. The first-order valence-electron chi connectivity index (χ1n) is 9.92. The summed E-state index contributed by atoms with van der Waals surface area (Å²) in [4.78, 5) is 37.9. The minimum Gasteiger partial charge on any atom is -0.480 e. The number of amides is 3. The van der Waals surface area contributed by atoms with Crippen LogP contribution in [-0.2, 0) is 9.59 Å². The van der Waals surface area contributed by atoms with Gasteiger partial charge in [-0.2, -0.15) is 0 Å². The molecule has 1 aliphatic heterocycles. The van der Waals surface area contributed by atoms with Crippen LogP contribution in [0, 0.1) is 11.8 Å². The van der Waals surface area contributed by atoms with Gasteiger partial charge in [0.25, 0.3) is 5.91 Å². The van der Waals surface area contributed by atoms with E-state index in [2.05, 4.69) is 5.32 Å². The van der Waals surface area contributed by atoms with Gasteiger partial charge in [-0.3, -0.25) is 15.0 Å². The number of carbonyl (C=O) groups excluding carboxylic acids is 2. The topological polar surface area (TPSA) is 86.7 Å². The van der Waals surface area contributed by atoms with Crippen molar-refractivity contribution in [2.24, 2.45) is 11.8 Å². The van der Waals surface area contributed by atoms with Crippen molar-refractivity contribution in [3.63, 3.8) is 0 Å². The SMILES string of the molecule is O=C(O)[C@H](CC1CCCCC1)N1C(=O)NC(=O)[C@@H]1CC1CCCCC1. The molecule has 2 aliphatic carbocycles. The Bertz CT molecular complexity index is 510. The molecular formula is C19H30N2O4. The second kappa shape index (κ2) is 8.19. The van der Waals surface area contributed by atoms with Crippen molar-refractivity contribution < 1.29 is 19.5 Å². The fourth-order valence-electron chi connectivity index (χ4n) is 4.91. The predicted molar refractivity (Wildman–Crippen MR) is 93.0 cm³/mol. The summed E-state index contributed by atoms with van der Waals surface area (Å²) in [7, 11) is 0. The number of nitrogens with one attached hydrogen (secondary N) is 1. The molecule has 1 heterocycles. The van der Waals surface area contributed by atoms with E-state index in [9.17, 15) is 19.5 Å². The first-order valence-corrected chi connectivity index (χ1v) is 9.92. The van der Waals surface area contributed by atoms with E-state index in [1.807, 2.05) is 0 Å². The Morgan fingerprint density at radius 3 is 2.12 bits per heavy atom. The number of carbonyl (C=O) groups is 3. The van der Waals surface area contributed by atoms with E-state index in [0.29, 0.717) is 24.7 Å². The Hall–Kier alpha value is -1.59. The number of hydrogen-bond acceptors (Lipinski definition) is 3. The number of nitrogens with zero attached hydrogens (tertiary/aromatic N) is 1. The number of urea groups is 1. The van der Waals surface area contributed by atoms with Crippen LogP contribution >= 0.6 is 0 Å². The van der Waals surface area contributed by atoms with Crippen molar-refractivity contribution in [3.8, 4) is 0 Å². The number of carboxylic acids is 1. The highest BCUT2D eigenvalue weighted by molar-refractivity contribution is 6.05. The third kappa shape index (κ3) is 4.33. The molecule has 0 aromatic rings. The Kier molecular flexibility index (Phi) is 5.97. The van der Waals surface area contributed by atoms with E-state index in [1.165, 1.54) is 17.7 Å². The maximum absolute atomic E-state index is 12.4. The van der Waals surface area contributed by atoms with E-state index < -0.39 is 24.1 Å². The largest absolute Gasteiger partial charge is 0.480 e. The molecule has 0 radical (unpaired) electrons. The Morgan fingerprint density at radius 1 is 1.00 bits per heavy atom. The predicted octanol–water partition coefficient (Wildman–Crippen LogP) is 3.30. The fraction of sp³-hybridized carbons (Fsp3) is 0.842. The van der Waals surface area contributed by atoms with Crippen LogP contribution in [0.2, 0.25) is 0 Å². The monoisotopic (exact) mass is 350 g/mol. The molecule has 2 atom stereocenters. The van der Waals surface area contributed by atoms with Gasteiger partial charge < -0.3 is 5.11 Å². The zero-order valence-electron chi connectivity index (χ0n) is 14.9. The molecule has 2 N–H and O–H groups in total. The lowest BCUT2D eigenvalue weighted by molar-refractivity contribution is -0.143. The van der Waals surface area contributed by atoms with Crippen LogP contribution in [0.5, 0.6) is 0 Å². The van der Waals surface area contributed by atoms with Gasteiger partial charge in [-0.1, -0.05) is 64.2 Å². The fourth-order valence-corrected chi connectivity index (χ4v) is 4.91. The Labute approximate surface area is 149 Å². The highest BCUT2D eigenvalue weighted by atomic mass is 16.4. The lowest BCUT2D eigenvalue weighted by Crippen LogP contribution is -2.49. The molecule has 140 valence electrons. The molecule has 25 heavy (non-hydrogen) atoms. The van der Waals surface area contributed by atoms with Crippen LogP contribution in [0.25, 0.3) is 0 Å². The van der Waals surface area contributed by atoms with Crippen LogP contribution in [0.4, 0.5) is 4.79 Å². The number of rotatable bonds is 6. The van der Waals surface area contributed by atoms with Crippen LogP contribution in [0.1, 0.15) is 77.0 Å². The smallest absolute Gasteiger partial charge is 0.326 e. The number of carboxylic acid groups (broad SMARTS) is 1. The molecule has 6 heteroatoms. The molecular weight excluding hydrogens is 320 g/mol. The van der Waals surface area contributed by atoms with Gasteiger partial charge in [0.05, 0.1) is 0 Å². The molecule has 1 saturated heterocycles. The summed E-state index contributed by atoms with van der Waals surface area (Å²) < 4.78 is 0. The Morgan fingerprint density at radius 2 is 1.56 bits per heavy atom. The molecule has 3 fully saturated rings. The van der Waals surface area contributed by atoms with Gasteiger partial charge in [-0.05, 0) is 24.7 Å². The van der Waals surface area contributed by atoms with Gasteiger partial charge in [0.15, 0.2) is 0 Å². The zero-order chi connectivity index (χ0) is 17.8. The lowest BCUT2D eigenvalue weighted by Gasteiger charge is -2.34. The second-order valence-corrected chi connectivity index (χ2v) is 8.05. The average molecular weight is 350 g/mol. The van der Waals surface area contributed by atoms with Crippen molar-refractivity contribution in [1.82, 2.24) is 10.2 Å². The maximum atomic E-state index is 12.4.